The zero-order chi connectivity index (χ0) is 16.8. The maximum absolute atomic E-state index is 14.5. The second-order valence-corrected chi connectivity index (χ2v) is 6.24. The Labute approximate surface area is 136 Å². The van der Waals surface area contributed by atoms with Crippen molar-refractivity contribution >= 4 is 29.3 Å². The van der Waals surface area contributed by atoms with Gasteiger partial charge in [0, 0.05) is 10.9 Å². The van der Waals surface area contributed by atoms with E-state index in [1.807, 2.05) is 0 Å². The molecule has 2 aliphatic rings. The highest BCUT2D eigenvalue weighted by atomic mass is 35.5. The molecule has 0 heterocycles. The van der Waals surface area contributed by atoms with Gasteiger partial charge in [-0.3, -0.25) is 9.59 Å². The van der Waals surface area contributed by atoms with Crippen molar-refractivity contribution in [2.75, 3.05) is 7.11 Å². The van der Waals surface area contributed by atoms with Gasteiger partial charge in [0.15, 0.2) is 11.9 Å². The molecule has 0 unspecified atom stereocenters. The molecule has 1 aromatic carbocycles. The van der Waals surface area contributed by atoms with Crippen molar-refractivity contribution in [1.29, 1.82) is 0 Å². The van der Waals surface area contributed by atoms with Gasteiger partial charge in [-0.2, -0.15) is 0 Å². The molecule has 23 heavy (non-hydrogen) atoms. The van der Waals surface area contributed by atoms with Gasteiger partial charge in [0.05, 0.1) is 25.0 Å². The summed E-state index contributed by atoms with van der Waals surface area (Å²) in [6, 6.07) is 6.15. The molecule has 1 aromatic rings. The van der Waals surface area contributed by atoms with Crippen molar-refractivity contribution in [3.05, 3.63) is 34.9 Å². The van der Waals surface area contributed by atoms with Crippen LogP contribution in [0.15, 0.2) is 24.3 Å². The third-order valence-corrected chi connectivity index (χ3v) is 4.71. The SMILES string of the molecule is COC(=O)C[C@@]1(F)[C@@H]2C[C@@H](OC(=O)c3cccc(Cl)c3)C(=O)[C@@H]21. The van der Waals surface area contributed by atoms with Crippen LogP contribution in [0, 0.1) is 11.8 Å². The topological polar surface area (TPSA) is 69.7 Å². The van der Waals surface area contributed by atoms with Crippen molar-refractivity contribution in [3.63, 3.8) is 0 Å². The summed E-state index contributed by atoms with van der Waals surface area (Å²) in [5.74, 6) is -3.33. The molecule has 0 aromatic heterocycles. The minimum Gasteiger partial charge on any atom is -0.469 e. The normalized spacial score (nSPS) is 31.4. The van der Waals surface area contributed by atoms with Crippen LogP contribution in [0.2, 0.25) is 5.02 Å². The van der Waals surface area contributed by atoms with Gasteiger partial charge in [-0.1, -0.05) is 17.7 Å². The number of ether oxygens (including phenoxy) is 2. The van der Waals surface area contributed by atoms with Crippen LogP contribution in [0.5, 0.6) is 0 Å². The van der Waals surface area contributed by atoms with Gasteiger partial charge in [0.2, 0.25) is 0 Å². The van der Waals surface area contributed by atoms with Crippen LogP contribution in [-0.2, 0) is 19.1 Å². The second kappa shape index (κ2) is 5.60. The summed E-state index contributed by atoms with van der Waals surface area (Å²) in [6.07, 6.45) is -1.33. The molecule has 122 valence electrons. The first-order chi connectivity index (χ1) is 10.9. The summed E-state index contributed by atoms with van der Waals surface area (Å²) in [5, 5.41) is 0.376. The van der Waals surface area contributed by atoms with E-state index in [0.717, 1.165) is 0 Å². The Morgan fingerprint density at radius 2 is 2.17 bits per heavy atom. The third-order valence-electron chi connectivity index (χ3n) is 4.47. The van der Waals surface area contributed by atoms with Gasteiger partial charge in [-0.15, -0.1) is 0 Å². The predicted molar refractivity (Wildman–Crippen MR) is 77.7 cm³/mol. The lowest BCUT2D eigenvalue weighted by Gasteiger charge is -2.17. The number of fused-ring (bicyclic) bond motifs is 1. The molecule has 3 rings (SSSR count). The number of rotatable bonds is 4. The van der Waals surface area contributed by atoms with Crippen molar-refractivity contribution in [2.45, 2.75) is 24.6 Å². The number of hydrogen-bond donors (Lipinski definition) is 0. The van der Waals surface area contributed by atoms with Crippen LogP contribution >= 0.6 is 11.6 Å². The fourth-order valence-corrected chi connectivity index (χ4v) is 3.44. The maximum atomic E-state index is 14.5. The van der Waals surface area contributed by atoms with E-state index in [9.17, 15) is 18.8 Å². The average Bonchev–Trinajstić information content (AvgIpc) is 2.90. The summed E-state index contributed by atoms with van der Waals surface area (Å²) in [5.41, 5.74) is -1.63. The molecule has 5 nitrogen and oxygen atoms in total. The maximum Gasteiger partial charge on any atom is 0.338 e. The number of halogens is 2. The predicted octanol–water partition coefficient (Wildman–Crippen LogP) is 2.36. The highest BCUT2D eigenvalue weighted by molar-refractivity contribution is 6.30. The Morgan fingerprint density at radius 1 is 1.43 bits per heavy atom. The smallest absolute Gasteiger partial charge is 0.338 e. The number of alkyl halides is 1. The Hall–Kier alpha value is -1.95. The number of carbonyl (C=O) groups is 3. The number of carbonyl (C=O) groups excluding carboxylic acids is 3. The molecular formula is C16H14ClFO5. The van der Waals surface area contributed by atoms with E-state index in [1.165, 1.54) is 19.2 Å². The number of esters is 2. The third kappa shape index (κ3) is 2.72. The van der Waals surface area contributed by atoms with E-state index < -0.39 is 47.8 Å². The molecule has 0 spiro atoms. The van der Waals surface area contributed by atoms with Crippen molar-refractivity contribution in [2.24, 2.45) is 11.8 Å². The molecule has 0 bridgehead atoms. The molecule has 2 fully saturated rings. The minimum absolute atomic E-state index is 0.0866. The van der Waals surface area contributed by atoms with E-state index in [4.69, 9.17) is 16.3 Å². The van der Waals surface area contributed by atoms with Crippen LogP contribution < -0.4 is 0 Å². The lowest BCUT2D eigenvalue weighted by Crippen LogP contribution is -2.31. The van der Waals surface area contributed by atoms with E-state index >= 15 is 0 Å². The van der Waals surface area contributed by atoms with Gasteiger partial charge in [-0.25, -0.2) is 9.18 Å². The highest BCUT2D eigenvalue weighted by Gasteiger charge is 2.75. The number of Topliss-reactive ketones (excluding diaryl/α,β-unsaturated/α-hetero) is 1. The zero-order valence-corrected chi connectivity index (χ0v) is 13.0. The summed E-state index contributed by atoms with van der Waals surface area (Å²) >= 11 is 5.80. The van der Waals surface area contributed by atoms with Crippen molar-refractivity contribution in [3.8, 4) is 0 Å². The van der Waals surface area contributed by atoms with Crippen molar-refractivity contribution in [1.82, 2.24) is 0 Å². The number of benzene rings is 1. The highest BCUT2D eigenvalue weighted by Crippen LogP contribution is 2.63. The van der Waals surface area contributed by atoms with Crippen LogP contribution in [0.3, 0.4) is 0 Å². The lowest BCUT2D eigenvalue weighted by molar-refractivity contribution is -0.143. The quantitative estimate of drug-likeness (QED) is 0.787. The summed E-state index contributed by atoms with van der Waals surface area (Å²) in [4.78, 5) is 35.4. The summed E-state index contributed by atoms with van der Waals surface area (Å²) < 4.78 is 24.1. The molecule has 0 N–H and O–H groups in total. The number of hydrogen-bond acceptors (Lipinski definition) is 5. The molecule has 2 saturated carbocycles. The zero-order valence-electron chi connectivity index (χ0n) is 12.3. The van der Waals surface area contributed by atoms with E-state index in [0.29, 0.717) is 5.02 Å². The molecular weight excluding hydrogens is 327 g/mol. The van der Waals surface area contributed by atoms with Crippen molar-refractivity contribution < 1.29 is 28.2 Å². The standard InChI is InChI=1S/C16H14ClFO5/c1-22-12(19)7-16(18)10-6-11(14(20)13(10)16)23-15(21)8-3-2-4-9(17)5-8/h2-5,10-11,13H,6-7H2,1H3/t10-,11-,13-,16-/m1/s1. The first-order valence-corrected chi connectivity index (χ1v) is 7.50. The molecule has 0 saturated heterocycles. The number of ketones is 1. The largest absolute Gasteiger partial charge is 0.469 e. The second-order valence-electron chi connectivity index (χ2n) is 5.81. The summed E-state index contributed by atoms with van der Waals surface area (Å²) in [7, 11) is 1.17. The first-order valence-electron chi connectivity index (χ1n) is 7.13. The molecule has 0 radical (unpaired) electrons. The fraction of sp³-hybridized carbons (Fsp3) is 0.438. The van der Waals surface area contributed by atoms with Crippen LogP contribution in [0.25, 0.3) is 0 Å². The van der Waals surface area contributed by atoms with Gasteiger partial charge in [0.1, 0.15) is 5.67 Å². The average molecular weight is 341 g/mol. The molecule has 7 heteroatoms. The number of methoxy groups -OCH3 is 1. The van der Waals surface area contributed by atoms with Crippen LogP contribution in [0.1, 0.15) is 23.2 Å². The van der Waals surface area contributed by atoms with Gasteiger partial charge in [-0.05, 0) is 24.6 Å². The fourth-order valence-electron chi connectivity index (χ4n) is 3.25. The Balaban J connectivity index is 1.62. The summed E-state index contributed by atoms with van der Waals surface area (Å²) in [6.45, 7) is 0. The minimum atomic E-state index is -1.86. The monoisotopic (exact) mass is 340 g/mol. The Bertz CT molecular complexity index is 691. The molecule has 4 atom stereocenters. The van der Waals surface area contributed by atoms with E-state index in [-0.39, 0.29) is 12.0 Å². The van der Waals surface area contributed by atoms with E-state index in [1.54, 1.807) is 12.1 Å². The molecule has 2 aliphatic carbocycles. The van der Waals surface area contributed by atoms with E-state index in [2.05, 4.69) is 4.74 Å². The first kappa shape index (κ1) is 15.9. The van der Waals surface area contributed by atoms with Crippen LogP contribution in [0.4, 0.5) is 4.39 Å². The van der Waals surface area contributed by atoms with Gasteiger partial charge < -0.3 is 9.47 Å². The van der Waals surface area contributed by atoms with Crippen LogP contribution in [-0.4, -0.2) is 36.6 Å². The van der Waals surface area contributed by atoms with Gasteiger partial charge in [0.25, 0.3) is 0 Å². The Kier molecular flexibility index (Phi) is 3.88. The lowest BCUT2D eigenvalue weighted by atomic mass is 10.0. The molecule has 0 aliphatic heterocycles. The van der Waals surface area contributed by atoms with Gasteiger partial charge >= 0.3 is 11.9 Å². The Morgan fingerprint density at radius 3 is 2.74 bits per heavy atom. The molecule has 0 amide bonds.